The number of halogens is 3. The summed E-state index contributed by atoms with van der Waals surface area (Å²) in [5.74, 6) is -0.108. The molecule has 2 bridgehead atoms. The maximum Gasteiger partial charge on any atom is 0.422 e. The lowest BCUT2D eigenvalue weighted by Gasteiger charge is -2.24. The Morgan fingerprint density at radius 2 is 1.93 bits per heavy atom. The summed E-state index contributed by atoms with van der Waals surface area (Å²) in [6.45, 7) is -1.45. The van der Waals surface area contributed by atoms with Crippen LogP contribution in [0.15, 0.2) is 0 Å². The highest BCUT2D eigenvalue weighted by molar-refractivity contribution is 5.77. The van der Waals surface area contributed by atoms with Crippen molar-refractivity contribution < 1.29 is 22.7 Å². The maximum atomic E-state index is 11.9. The van der Waals surface area contributed by atoms with E-state index in [4.69, 9.17) is 0 Å². The molecule has 2 fully saturated rings. The van der Waals surface area contributed by atoms with E-state index in [1.807, 2.05) is 0 Å². The molecule has 15 heavy (non-hydrogen) atoms. The summed E-state index contributed by atoms with van der Waals surface area (Å²) >= 11 is 0. The van der Waals surface area contributed by atoms with E-state index in [0.29, 0.717) is 18.8 Å². The molecule has 2 aliphatic rings. The van der Waals surface area contributed by atoms with Crippen molar-refractivity contribution in [1.82, 2.24) is 0 Å². The zero-order valence-corrected chi connectivity index (χ0v) is 8.27. The average Bonchev–Trinajstić information content (AvgIpc) is 2.73. The third kappa shape index (κ3) is 2.11. The molecule has 0 amide bonds. The molecule has 0 heterocycles. The number of fused-ring (bicyclic) bond motifs is 2. The first-order chi connectivity index (χ1) is 6.91. The van der Waals surface area contributed by atoms with Crippen LogP contribution in [0.25, 0.3) is 0 Å². The van der Waals surface area contributed by atoms with Crippen molar-refractivity contribution in [3.05, 3.63) is 0 Å². The van der Waals surface area contributed by atoms with Gasteiger partial charge in [-0.15, -0.1) is 0 Å². The molecule has 2 aliphatic carbocycles. The van der Waals surface area contributed by atoms with E-state index in [-0.39, 0.29) is 0 Å². The zero-order chi connectivity index (χ0) is 11.1. The highest BCUT2D eigenvalue weighted by Crippen LogP contribution is 2.54. The third-order valence-corrected chi connectivity index (χ3v) is 3.54. The predicted octanol–water partition coefficient (Wildman–Crippen LogP) is 2.67. The van der Waals surface area contributed by atoms with E-state index in [2.05, 4.69) is 4.74 Å². The van der Waals surface area contributed by atoms with Crippen LogP contribution >= 0.6 is 0 Å². The number of esters is 1. The van der Waals surface area contributed by atoms with Crippen LogP contribution in [0.5, 0.6) is 0 Å². The summed E-state index contributed by atoms with van der Waals surface area (Å²) in [6, 6.07) is 0. The quantitative estimate of drug-likeness (QED) is 0.671. The first kappa shape index (κ1) is 10.8. The fourth-order valence-electron chi connectivity index (χ4n) is 2.78. The van der Waals surface area contributed by atoms with Crippen LogP contribution < -0.4 is 0 Å². The minimum Gasteiger partial charge on any atom is -0.456 e. The Kier molecular flexibility index (Phi) is 2.43. The summed E-state index contributed by atoms with van der Waals surface area (Å²) in [5, 5.41) is 0. The van der Waals surface area contributed by atoms with E-state index < -0.39 is 24.2 Å². The summed E-state index contributed by atoms with van der Waals surface area (Å²) in [7, 11) is 0. The van der Waals surface area contributed by atoms with Crippen molar-refractivity contribution in [1.29, 1.82) is 0 Å². The first-order valence-corrected chi connectivity index (χ1v) is 5.15. The van der Waals surface area contributed by atoms with Crippen LogP contribution in [0.4, 0.5) is 13.2 Å². The average molecular weight is 222 g/mol. The monoisotopic (exact) mass is 222 g/mol. The molecule has 0 unspecified atom stereocenters. The number of hydrogen-bond acceptors (Lipinski definition) is 2. The first-order valence-electron chi connectivity index (χ1n) is 5.15. The van der Waals surface area contributed by atoms with Crippen molar-refractivity contribution in [2.45, 2.75) is 38.3 Å². The Bertz CT molecular complexity index is 264. The van der Waals surface area contributed by atoms with Gasteiger partial charge in [0.15, 0.2) is 6.61 Å². The fraction of sp³-hybridized carbons (Fsp3) is 0.900. The molecule has 0 aromatic heterocycles. The van der Waals surface area contributed by atoms with Crippen molar-refractivity contribution in [3.8, 4) is 0 Å². The number of carbonyl (C=O) groups excluding carboxylic acids is 1. The topological polar surface area (TPSA) is 26.3 Å². The minimum absolute atomic E-state index is 0.531. The summed E-state index contributed by atoms with van der Waals surface area (Å²) in [4.78, 5) is 11.5. The molecule has 0 saturated heterocycles. The molecule has 0 N–H and O–H groups in total. The van der Waals surface area contributed by atoms with Crippen LogP contribution in [-0.4, -0.2) is 18.8 Å². The Morgan fingerprint density at radius 1 is 1.33 bits per heavy atom. The van der Waals surface area contributed by atoms with Gasteiger partial charge in [-0.05, 0) is 38.0 Å². The normalized spacial score (nSPS) is 34.5. The summed E-state index contributed by atoms with van der Waals surface area (Å²) in [6.07, 6.45) is -0.364. The van der Waals surface area contributed by atoms with Gasteiger partial charge in [0.25, 0.3) is 0 Å². The second-order valence-corrected chi connectivity index (χ2v) is 4.62. The van der Waals surface area contributed by atoms with Crippen LogP contribution in [-0.2, 0) is 9.53 Å². The van der Waals surface area contributed by atoms with Crippen LogP contribution in [0.1, 0.15) is 32.1 Å². The standard InChI is InChI=1S/C10H13F3O2/c11-10(12,13)6-15-8(14)9-3-1-7(5-9)2-4-9/h7H,1-6H2. The lowest BCUT2D eigenvalue weighted by molar-refractivity contribution is -0.193. The van der Waals surface area contributed by atoms with Gasteiger partial charge in [0.1, 0.15) is 0 Å². The molecule has 0 aromatic carbocycles. The zero-order valence-electron chi connectivity index (χ0n) is 8.27. The maximum absolute atomic E-state index is 11.9. The van der Waals surface area contributed by atoms with Crippen molar-refractivity contribution in [2.75, 3.05) is 6.61 Å². The van der Waals surface area contributed by atoms with Crippen LogP contribution in [0.3, 0.4) is 0 Å². The number of carbonyl (C=O) groups is 1. The number of alkyl halides is 3. The van der Waals surface area contributed by atoms with Crippen LogP contribution in [0.2, 0.25) is 0 Å². The molecule has 0 spiro atoms. The van der Waals surface area contributed by atoms with Crippen molar-refractivity contribution in [3.63, 3.8) is 0 Å². The van der Waals surface area contributed by atoms with Gasteiger partial charge in [-0.3, -0.25) is 4.79 Å². The number of ether oxygens (including phenoxy) is 1. The van der Waals surface area contributed by atoms with Gasteiger partial charge in [-0.25, -0.2) is 0 Å². The largest absolute Gasteiger partial charge is 0.456 e. The van der Waals surface area contributed by atoms with E-state index in [0.717, 1.165) is 19.3 Å². The molecule has 0 atom stereocenters. The molecular weight excluding hydrogens is 209 g/mol. The van der Waals surface area contributed by atoms with Gasteiger partial charge in [0.05, 0.1) is 5.41 Å². The summed E-state index contributed by atoms with van der Waals surface area (Å²) in [5.41, 5.74) is -0.573. The van der Waals surface area contributed by atoms with Gasteiger partial charge < -0.3 is 4.74 Å². The van der Waals surface area contributed by atoms with E-state index in [9.17, 15) is 18.0 Å². The van der Waals surface area contributed by atoms with Gasteiger partial charge in [-0.2, -0.15) is 13.2 Å². The molecule has 2 saturated carbocycles. The fourth-order valence-corrected chi connectivity index (χ4v) is 2.78. The highest BCUT2D eigenvalue weighted by atomic mass is 19.4. The summed E-state index contributed by atoms with van der Waals surface area (Å²) < 4.78 is 39.9. The molecule has 0 radical (unpaired) electrons. The molecule has 2 rings (SSSR count). The molecule has 5 heteroatoms. The lowest BCUT2D eigenvalue weighted by Crippen LogP contribution is -2.31. The number of hydrogen-bond donors (Lipinski definition) is 0. The van der Waals surface area contributed by atoms with Crippen molar-refractivity contribution in [2.24, 2.45) is 11.3 Å². The van der Waals surface area contributed by atoms with Gasteiger partial charge >= 0.3 is 12.1 Å². The molecule has 2 nitrogen and oxygen atoms in total. The highest BCUT2D eigenvalue weighted by Gasteiger charge is 2.51. The van der Waals surface area contributed by atoms with Gasteiger partial charge in [-0.1, -0.05) is 0 Å². The molecule has 0 aliphatic heterocycles. The second kappa shape index (κ2) is 3.39. The Balaban J connectivity index is 1.91. The van der Waals surface area contributed by atoms with Gasteiger partial charge in [0.2, 0.25) is 0 Å². The van der Waals surface area contributed by atoms with Crippen molar-refractivity contribution >= 4 is 5.97 Å². The van der Waals surface area contributed by atoms with Gasteiger partial charge in [0, 0.05) is 0 Å². The Hall–Kier alpha value is -0.740. The molecule has 0 aromatic rings. The van der Waals surface area contributed by atoms with E-state index in [1.54, 1.807) is 0 Å². The smallest absolute Gasteiger partial charge is 0.422 e. The van der Waals surface area contributed by atoms with E-state index >= 15 is 0 Å². The Morgan fingerprint density at radius 3 is 2.33 bits per heavy atom. The van der Waals surface area contributed by atoms with E-state index in [1.165, 1.54) is 0 Å². The molecular formula is C10H13F3O2. The predicted molar refractivity (Wildman–Crippen MR) is 46.0 cm³/mol. The number of rotatable bonds is 2. The molecule has 86 valence electrons. The Labute approximate surface area is 85.8 Å². The second-order valence-electron chi connectivity index (χ2n) is 4.62. The minimum atomic E-state index is -4.41. The SMILES string of the molecule is O=C(OCC(F)(F)F)C12CCC(CC1)C2. The lowest BCUT2D eigenvalue weighted by atomic mass is 9.84. The third-order valence-electron chi connectivity index (χ3n) is 3.54. The van der Waals surface area contributed by atoms with Crippen LogP contribution in [0, 0.1) is 11.3 Å².